The highest BCUT2D eigenvalue weighted by molar-refractivity contribution is 9.10. The third-order valence-corrected chi connectivity index (χ3v) is 6.72. The smallest absolute Gasteiger partial charge is 0.343 e. The first kappa shape index (κ1) is 27.6. The van der Waals surface area contributed by atoms with Gasteiger partial charge < -0.3 is 18.9 Å². The molecule has 0 aliphatic carbocycles. The van der Waals surface area contributed by atoms with E-state index in [1.54, 1.807) is 84.9 Å². The SMILES string of the molecule is COc1cc(-c2nc3ccccc3c(=O)n2N=Cc2ccccc2OC(=O)c2ccc(Br)cc2)cc(OC)c1OC. The zero-order chi connectivity index (χ0) is 28.9. The van der Waals surface area contributed by atoms with Crippen LogP contribution in [0.5, 0.6) is 23.0 Å². The van der Waals surface area contributed by atoms with Gasteiger partial charge in [0.2, 0.25) is 5.75 Å². The van der Waals surface area contributed by atoms with Gasteiger partial charge in [-0.25, -0.2) is 9.78 Å². The van der Waals surface area contributed by atoms with Gasteiger partial charge in [0.15, 0.2) is 17.3 Å². The lowest BCUT2D eigenvalue weighted by atomic mass is 10.1. The number of nitrogens with zero attached hydrogens (tertiary/aromatic N) is 3. The van der Waals surface area contributed by atoms with Crippen LogP contribution in [0, 0.1) is 0 Å². The fourth-order valence-electron chi connectivity index (χ4n) is 4.17. The molecule has 0 radical (unpaired) electrons. The molecule has 0 unspecified atom stereocenters. The topological polar surface area (TPSA) is 101 Å². The molecule has 1 aromatic heterocycles. The Morgan fingerprint density at radius 3 is 2.20 bits per heavy atom. The van der Waals surface area contributed by atoms with E-state index in [0.29, 0.717) is 44.8 Å². The predicted molar refractivity (Wildman–Crippen MR) is 160 cm³/mol. The molecule has 4 aromatic carbocycles. The van der Waals surface area contributed by atoms with Gasteiger partial charge in [0.05, 0.1) is 44.0 Å². The number of benzene rings is 4. The molecule has 0 N–H and O–H groups in total. The summed E-state index contributed by atoms with van der Waals surface area (Å²) in [6, 6.07) is 24.1. The van der Waals surface area contributed by atoms with E-state index in [1.165, 1.54) is 32.2 Å². The number of carbonyl (C=O) groups excluding carboxylic acids is 1. The molecule has 0 saturated carbocycles. The van der Waals surface area contributed by atoms with Crippen LogP contribution in [0.25, 0.3) is 22.3 Å². The van der Waals surface area contributed by atoms with Crippen LogP contribution >= 0.6 is 15.9 Å². The minimum absolute atomic E-state index is 0.244. The van der Waals surface area contributed by atoms with E-state index >= 15 is 0 Å². The molecule has 1 heterocycles. The standard InChI is InChI=1S/C31H24BrN3O6/c1-38-26-16-21(17-27(39-2)28(26)40-3)29-34-24-10-6-5-9-23(24)30(36)35(29)33-18-20-8-4-7-11-25(20)41-31(37)19-12-14-22(32)15-13-19/h4-18H,1-3H3. The van der Waals surface area contributed by atoms with Gasteiger partial charge >= 0.3 is 5.97 Å². The van der Waals surface area contributed by atoms with Gasteiger partial charge in [0.1, 0.15) is 5.75 Å². The van der Waals surface area contributed by atoms with Crippen molar-refractivity contribution in [2.24, 2.45) is 5.10 Å². The van der Waals surface area contributed by atoms with E-state index < -0.39 is 5.97 Å². The highest BCUT2D eigenvalue weighted by atomic mass is 79.9. The van der Waals surface area contributed by atoms with Crippen molar-refractivity contribution < 1.29 is 23.7 Å². The van der Waals surface area contributed by atoms with Gasteiger partial charge in [-0.3, -0.25) is 4.79 Å². The average Bonchev–Trinajstić information content (AvgIpc) is 3.00. The zero-order valence-corrected chi connectivity index (χ0v) is 23.9. The summed E-state index contributed by atoms with van der Waals surface area (Å²) < 4.78 is 24.2. The van der Waals surface area contributed by atoms with Crippen LogP contribution < -0.4 is 24.5 Å². The number of hydrogen-bond acceptors (Lipinski definition) is 8. The Balaban J connectivity index is 1.62. The van der Waals surface area contributed by atoms with Gasteiger partial charge in [0.25, 0.3) is 5.56 Å². The summed E-state index contributed by atoms with van der Waals surface area (Å²) in [5.74, 6) is 1.18. The Bertz CT molecular complexity index is 1810. The van der Waals surface area contributed by atoms with Crippen LogP contribution in [0.15, 0.2) is 99.3 Å². The Kier molecular flexibility index (Phi) is 8.11. The highest BCUT2D eigenvalue weighted by Gasteiger charge is 2.19. The molecule has 10 heteroatoms. The van der Waals surface area contributed by atoms with Crippen LogP contribution in [0.4, 0.5) is 0 Å². The third-order valence-electron chi connectivity index (χ3n) is 6.19. The van der Waals surface area contributed by atoms with Crippen molar-refractivity contribution in [3.8, 4) is 34.4 Å². The van der Waals surface area contributed by atoms with Crippen molar-refractivity contribution in [1.82, 2.24) is 9.66 Å². The zero-order valence-electron chi connectivity index (χ0n) is 22.3. The summed E-state index contributed by atoms with van der Waals surface area (Å²) in [4.78, 5) is 31.2. The molecule has 0 fully saturated rings. The van der Waals surface area contributed by atoms with E-state index in [0.717, 1.165) is 4.47 Å². The van der Waals surface area contributed by atoms with Gasteiger partial charge in [-0.15, -0.1) is 0 Å². The molecule has 0 aliphatic heterocycles. The fraction of sp³-hybridized carbons (Fsp3) is 0.0968. The molecule has 0 saturated heterocycles. The number of ether oxygens (including phenoxy) is 4. The Hall–Kier alpha value is -4.96. The Labute approximate surface area is 243 Å². The van der Waals surface area contributed by atoms with Crippen molar-refractivity contribution >= 4 is 39.0 Å². The minimum Gasteiger partial charge on any atom is -0.493 e. The van der Waals surface area contributed by atoms with Gasteiger partial charge in [-0.2, -0.15) is 9.78 Å². The molecule has 0 amide bonds. The second-order valence-electron chi connectivity index (χ2n) is 8.66. The van der Waals surface area contributed by atoms with Crippen molar-refractivity contribution in [1.29, 1.82) is 0 Å². The van der Waals surface area contributed by atoms with Crippen LogP contribution in [-0.2, 0) is 0 Å². The van der Waals surface area contributed by atoms with Crippen molar-refractivity contribution in [3.05, 3.63) is 111 Å². The number of methoxy groups -OCH3 is 3. The number of aromatic nitrogens is 2. The molecule has 0 atom stereocenters. The molecule has 41 heavy (non-hydrogen) atoms. The summed E-state index contributed by atoms with van der Waals surface area (Å²) in [6.45, 7) is 0. The second kappa shape index (κ2) is 12.1. The molecule has 206 valence electrons. The fourth-order valence-corrected chi connectivity index (χ4v) is 4.44. The van der Waals surface area contributed by atoms with Crippen LogP contribution in [0.1, 0.15) is 15.9 Å². The first-order chi connectivity index (χ1) is 19.9. The summed E-state index contributed by atoms with van der Waals surface area (Å²) in [7, 11) is 4.52. The predicted octanol–water partition coefficient (Wildman–Crippen LogP) is 5.95. The lowest BCUT2D eigenvalue weighted by Crippen LogP contribution is -2.20. The van der Waals surface area contributed by atoms with Gasteiger partial charge in [0, 0.05) is 15.6 Å². The molecule has 0 spiro atoms. The number of para-hydroxylation sites is 2. The van der Waals surface area contributed by atoms with Gasteiger partial charge in [-0.05, 0) is 60.7 Å². The maximum Gasteiger partial charge on any atom is 0.343 e. The van der Waals surface area contributed by atoms with E-state index in [1.807, 2.05) is 0 Å². The lowest BCUT2D eigenvalue weighted by molar-refractivity contribution is 0.0734. The third kappa shape index (κ3) is 5.68. The second-order valence-corrected chi connectivity index (χ2v) is 9.58. The van der Waals surface area contributed by atoms with Crippen molar-refractivity contribution in [2.45, 2.75) is 0 Å². The van der Waals surface area contributed by atoms with Crippen molar-refractivity contribution in [2.75, 3.05) is 21.3 Å². The normalized spacial score (nSPS) is 11.0. The molecule has 9 nitrogen and oxygen atoms in total. The number of hydrogen-bond donors (Lipinski definition) is 0. The Morgan fingerprint density at radius 2 is 1.51 bits per heavy atom. The number of esters is 1. The quantitative estimate of drug-likeness (QED) is 0.121. The maximum absolute atomic E-state index is 13.7. The largest absolute Gasteiger partial charge is 0.493 e. The van der Waals surface area contributed by atoms with Gasteiger partial charge in [-0.1, -0.05) is 40.2 Å². The van der Waals surface area contributed by atoms with Crippen LogP contribution in [0.2, 0.25) is 0 Å². The Morgan fingerprint density at radius 1 is 0.854 bits per heavy atom. The molecule has 0 bridgehead atoms. The van der Waals surface area contributed by atoms with Crippen LogP contribution in [0.3, 0.4) is 0 Å². The summed E-state index contributed by atoms with van der Waals surface area (Å²) in [5.41, 5.74) is 1.49. The summed E-state index contributed by atoms with van der Waals surface area (Å²) >= 11 is 3.36. The van der Waals surface area contributed by atoms with E-state index in [9.17, 15) is 9.59 Å². The number of carbonyl (C=O) groups is 1. The van der Waals surface area contributed by atoms with E-state index in [4.69, 9.17) is 23.9 Å². The minimum atomic E-state index is -0.527. The van der Waals surface area contributed by atoms with E-state index in [-0.39, 0.29) is 17.1 Å². The number of halogens is 1. The monoisotopic (exact) mass is 613 g/mol. The van der Waals surface area contributed by atoms with E-state index in [2.05, 4.69) is 21.0 Å². The molecule has 0 aliphatic rings. The molecular weight excluding hydrogens is 590 g/mol. The summed E-state index contributed by atoms with van der Waals surface area (Å²) in [5, 5.41) is 4.90. The first-order valence-corrected chi connectivity index (χ1v) is 13.2. The molecule has 5 rings (SSSR count). The average molecular weight is 614 g/mol. The maximum atomic E-state index is 13.7. The number of fused-ring (bicyclic) bond motifs is 1. The molecular formula is C31H24BrN3O6. The molecule has 5 aromatic rings. The first-order valence-electron chi connectivity index (χ1n) is 12.4. The van der Waals surface area contributed by atoms with Crippen molar-refractivity contribution in [3.63, 3.8) is 0 Å². The van der Waals surface area contributed by atoms with Crippen LogP contribution in [-0.4, -0.2) is 43.2 Å². The number of rotatable bonds is 8. The highest BCUT2D eigenvalue weighted by Crippen LogP contribution is 2.40. The lowest BCUT2D eigenvalue weighted by Gasteiger charge is -2.15. The summed E-state index contributed by atoms with van der Waals surface area (Å²) in [6.07, 6.45) is 1.45.